The van der Waals surface area contributed by atoms with Crippen molar-refractivity contribution in [1.29, 1.82) is 0 Å². The van der Waals surface area contributed by atoms with E-state index in [1.807, 2.05) is 117 Å². The fraction of sp³-hybridized carbons (Fsp3) is 0.0357. The molecule has 0 unspecified atom stereocenters. The molecule has 6 heteroatoms. The predicted octanol–water partition coefficient (Wildman–Crippen LogP) is 13.7. The van der Waals surface area contributed by atoms with E-state index in [1.54, 1.807) is 0 Å². The van der Waals surface area contributed by atoms with E-state index < -0.39 is 0 Å². The van der Waals surface area contributed by atoms with Crippen molar-refractivity contribution in [3.05, 3.63) is 218 Å². The highest BCUT2D eigenvalue weighted by Crippen LogP contribution is 2.41. The van der Waals surface area contributed by atoms with Crippen LogP contribution in [0.5, 0.6) is 0 Å². The summed E-state index contributed by atoms with van der Waals surface area (Å²) < 4.78 is 0. The maximum Gasteiger partial charge on any atom is 0.164 e. The summed E-state index contributed by atoms with van der Waals surface area (Å²) in [6.45, 7) is 4.09. The zero-order valence-electron chi connectivity index (χ0n) is 34.3. The lowest BCUT2D eigenvalue weighted by atomic mass is 9.88. The predicted molar refractivity (Wildman–Crippen MR) is 252 cm³/mol. The molecule has 0 radical (unpaired) electrons. The van der Waals surface area contributed by atoms with Crippen LogP contribution in [0.15, 0.2) is 206 Å². The highest BCUT2D eigenvalue weighted by molar-refractivity contribution is 5.93. The minimum absolute atomic E-state index is 0.603. The number of aryl methyl sites for hydroxylation is 2. The van der Waals surface area contributed by atoms with Gasteiger partial charge < -0.3 is 0 Å². The molecular formula is C56H40N6. The summed E-state index contributed by atoms with van der Waals surface area (Å²) in [5.41, 5.74) is 15.9. The van der Waals surface area contributed by atoms with Gasteiger partial charge in [-0.2, -0.15) is 0 Å². The van der Waals surface area contributed by atoms with E-state index in [2.05, 4.69) is 108 Å². The molecular weight excluding hydrogens is 757 g/mol. The third-order valence-electron chi connectivity index (χ3n) is 10.9. The molecule has 7 aromatic carbocycles. The van der Waals surface area contributed by atoms with Gasteiger partial charge in [-0.3, -0.25) is 4.98 Å². The summed E-state index contributed by atoms with van der Waals surface area (Å²) in [5, 5.41) is 0. The molecule has 0 aliphatic heterocycles. The quantitative estimate of drug-likeness (QED) is 0.145. The Morgan fingerprint density at radius 2 is 0.613 bits per heavy atom. The SMILES string of the molecule is Cc1cc(-c2ccc(-c3ccccc3-c3nc(-c4ccccc4)nc(-c4ccccc4)n3)c(-c3ccc(-c4cc(-c5ccccc5)nc(-c5ccccc5)n4)cc3)c2)cc(C)n1. The number of hydrogen-bond acceptors (Lipinski definition) is 6. The van der Waals surface area contributed by atoms with Gasteiger partial charge in [-0.1, -0.05) is 182 Å². The number of rotatable bonds is 9. The van der Waals surface area contributed by atoms with Gasteiger partial charge in [0.1, 0.15) is 0 Å². The van der Waals surface area contributed by atoms with Crippen molar-refractivity contribution < 1.29 is 0 Å². The van der Waals surface area contributed by atoms with Crippen LogP contribution in [0.1, 0.15) is 11.4 Å². The molecule has 3 aromatic heterocycles. The second kappa shape index (κ2) is 16.8. The topological polar surface area (TPSA) is 77.3 Å². The molecule has 0 aliphatic rings. The van der Waals surface area contributed by atoms with E-state index in [4.69, 9.17) is 24.9 Å². The van der Waals surface area contributed by atoms with Crippen LogP contribution in [0.3, 0.4) is 0 Å². The van der Waals surface area contributed by atoms with E-state index >= 15 is 0 Å². The van der Waals surface area contributed by atoms with Gasteiger partial charge >= 0.3 is 0 Å². The molecule has 0 saturated carbocycles. The average molecular weight is 797 g/mol. The van der Waals surface area contributed by atoms with E-state index in [-0.39, 0.29) is 0 Å². The van der Waals surface area contributed by atoms with Crippen LogP contribution in [0.2, 0.25) is 0 Å². The van der Waals surface area contributed by atoms with Crippen LogP contribution >= 0.6 is 0 Å². The van der Waals surface area contributed by atoms with Gasteiger partial charge in [0.25, 0.3) is 0 Å². The summed E-state index contributed by atoms with van der Waals surface area (Å²) in [6.07, 6.45) is 0. The highest BCUT2D eigenvalue weighted by Gasteiger charge is 2.19. The van der Waals surface area contributed by atoms with Crippen molar-refractivity contribution in [2.24, 2.45) is 0 Å². The van der Waals surface area contributed by atoms with Crippen LogP contribution in [0.4, 0.5) is 0 Å². The van der Waals surface area contributed by atoms with E-state index in [1.165, 1.54) is 0 Å². The molecule has 0 spiro atoms. The molecule has 3 heterocycles. The standard InChI is InChI=1S/C56H40N6/c1-37-33-46(34-38(2)57-37)45-31-32-48(47-25-15-16-26-49(47)56-61-54(43-21-11-5-12-22-43)60-55(62-56)44-23-13-6-14-24-44)50(35-45)39-27-29-41(30-28-39)52-36-51(40-17-7-3-8-18-40)58-53(59-52)42-19-9-4-10-20-42/h3-36H,1-2H3. The Kier molecular flexibility index (Phi) is 10.3. The Balaban J connectivity index is 1.13. The first kappa shape index (κ1) is 38.0. The second-order valence-electron chi connectivity index (χ2n) is 15.3. The number of nitrogens with zero attached hydrogens (tertiary/aromatic N) is 6. The van der Waals surface area contributed by atoms with Gasteiger partial charge in [0.2, 0.25) is 0 Å². The fourth-order valence-electron chi connectivity index (χ4n) is 7.93. The minimum atomic E-state index is 0.603. The van der Waals surface area contributed by atoms with Gasteiger partial charge in [-0.25, -0.2) is 24.9 Å². The zero-order chi connectivity index (χ0) is 41.8. The minimum Gasteiger partial charge on any atom is -0.258 e. The fourth-order valence-corrected chi connectivity index (χ4v) is 7.93. The first-order valence-corrected chi connectivity index (χ1v) is 20.7. The van der Waals surface area contributed by atoms with E-state index in [9.17, 15) is 0 Å². The zero-order valence-corrected chi connectivity index (χ0v) is 34.3. The number of hydrogen-bond donors (Lipinski definition) is 0. The number of benzene rings is 7. The molecule has 294 valence electrons. The monoisotopic (exact) mass is 796 g/mol. The average Bonchev–Trinajstić information content (AvgIpc) is 3.34. The van der Waals surface area contributed by atoms with Crippen LogP contribution in [0, 0.1) is 13.8 Å². The molecule has 0 saturated heterocycles. The maximum absolute atomic E-state index is 5.13. The van der Waals surface area contributed by atoms with E-state index in [0.29, 0.717) is 23.3 Å². The molecule has 10 rings (SSSR count). The molecule has 0 fully saturated rings. The lowest BCUT2D eigenvalue weighted by Crippen LogP contribution is -2.01. The number of pyridine rings is 1. The maximum atomic E-state index is 5.13. The Morgan fingerprint density at radius 3 is 1.15 bits per heavy atom. The molecule has 62 heavy (non-hydrogen) atoms. The lowest BCUT2D eigenvalue weighted by molar-refractivity contribution is 1.07. The summed E-state index contributed by atoms with van der Waals surface area (Å²) in [7, 11) is 0. The molecule has 0 N–H and O–H groups in total. The van der Waals surface area contributed by atoms with E-state index in [0.717, 1.165) is 89.5 Å². The van der Waals surface area contributed by atoms with Gasteiger partial charge in [-0.05, 0) is 71.5 Å². The van der Waals surface area contributed by atoms with Gasteiger partial charge in [0.05, 0.1) is 11.4 Å². The Hall–Kier alpha value is -8.22. The molecule has 0 bridgehead atoms. The smallest absolute Gasteiger partial charge is 0.164 e. The summed E-state index contributed by atoms with van der Waals surface area (Å²) >= 11 is 0. The van der Waals surface area contributed by atoms with Crippen molar-refractivity contribution >= 4 is 0 Å². The Morgan fingerprint density at radius 1 is 0.226 bits per heavy atom. The largest absolute Gasteiger partial charge is 0.258 e. The van der Waals surface area contributed by atoms with Crippen LogP contribution < -0.4 is 0 Å². The summed E-state index contributed by atoms with van der Waals surface area (Å²) in [5.74, 6) is 2.53. The normalized spacial score (nSPS) is 11.1. The van der Waals surface area contributed by atoms with Crippen molar-refractivity contribution in [2.45, 2.75) is 13.8 Å². The lowest BCUT2D eigenvalue weighted by Gasteiger charge is -2.17. The molecule has 0 aliphatic carbocycles. The van der Waals surface area contributed by atoms with Crippen molar-refractivity contribution in [2.75, 3.05) is 0 Å². The highest BCUT2D eigenvalue weighted by atomic mass is 15.0. The Labute approximate surface area is 361 Å². The second-order valence-corrected chi connectivity index (χ2v) is 15.3. The molecule has 0 amide bonds. The first-order chi connectivity index (χ1) is 30.5. The van der Waals surface area contributed by atoms with Crippen molar-refractivity contribution in [1.82, 2.24) is 29.9 Å². The first-order valence-electron chi connectivity index (χ1n) is 20.7. The van der Waals surface area contributed by atoms with Gasteiger partial charge in [0.15, 0.2) is 23.3 Å². The Bertz CT molecular complexity index is 3030. The van der Waals surface area contributed by atoms with Crippen LogP contribution in [-0.4, -0.2) is 29.9 Å². The van der Waals surface area contributed by atoms with Crippen molar-refractivity contribution in [3.63, 3.8) is 0 Å². The number of aromatic nitrogens is 6. The van der Waals surface area contributed by atoms with Gasteiger partial charge in [0, 0.05) is 44.8 Å². The summed E-state index contributed by atoms with van der Waals surface area (Å²) in [4.78, 5) is 30.0. The van der Waals surface area contributed by atoms with Gasteiger partial charge in [-0.15, -0.1) is 0 Å². The molecule has 10 aromatic rings. The van der Waals surface area contributed by atoms with Crippen LogP contribution in [-0.2, 0) is 0 Å². The third-order valence-corrected chi connectivity index (χ3v) is 10.9. The summed E-state index contributed by atoms with van der Waals surface area (Å²) in [6, 6.07) is 70.8. The third kappa shape index (κ3) is 7.93. The molecule has 0 atom stereocenters. The van der Waals surface area contributed by atoms with Crippen LogP contribution in [0.25, 0.3) is 101 Å². The molecule has 6 nitrogen and oxygen atoms in total. The van der Waals surface area contributed by atoms with Crippen molar-refractivity contribution in [3.8, 4) is 101 Å².